The molecule has 0 unspecified atom stereocenters. The van der Waals surface area contributed by atoms with Crippen molar-refractivity contribution in [2.75, 3.05) is 6.61 Å². The lowest BCUT2D eigenvalue weighted by Gasteiger charge is -1.95. The van der Waals surface area contributed by atoms with Gasteiger partial charge in [-0.1, -0.05) is 6.92 Å². The summed E-state index contributed by atoms with van der Waals surface area (Å²) in [4.78, 5) is 25.0. The summed E-state index contributed by atoms with van der Waals surface area (Å²) >= 11 is 0.804. The van der Waals surface area contributed by atoms with Gasteiger partial charge in [0.05, 0.1) is 6.61 Å². The van der Waals surface area contributed by atoms with E-state index in [1.165, 1.54) is 0 Å². The maximum atomic E-state index is 10.9. The summed E-state index contributed by atoms with van der Waals surface area (Å²) in [5.41, 5.74) is 4.20. The van der Waals surface area contributed by atoms with E-state index in [2.05, 4.69) is 4.98 Å². The topological polar surface area (TPSA) is 87.2 Å². The highest BCUT2D eigenvalue weighted by Gasteiger charge is 2.10. The van der Waals surface area contributed by atoms with Crippen molar-refractivity contribution in [2.24, 2.45) is 5.73 Å². The molecule has 13 heavy (non-hydrogen) atoms. The van der Waals surface area contributed by atoms with Crippen LogP contribution in [0.2, 0.25) is 0 Å². The van der Waals surface area contributed by atoms with Crippen molar-refractivity contribution in [1.82, 2.24) is 8.94 Å². The molecule has 1 aromatic heterocycles. The van der Waals surface area contributed by atoms with Crippen molar-refractivity contribution in [3.63, 3.8) is 0 Å². The van der Waals surface area contributed by atoms with Gasteiger partial charge in [-0.15, -0.1) is 4.98 Å². The van der Waals surface area contributed by atoms with Crippen LogP contribution in [0.15, 0.2) is 4.79 Å². The smallest absolute Gasteiger partial charge is 0.369 e. The average molecular weight is 203 g/mol. The predicted octanol–water partition coefficient (Wildman–Crippen LogP) is 0.0204. The second kappa shape index (κ2) is 4.04. The first-order valence-corrected chi connectivity index (χ1v) is 4.45. The number of rotatable bonds is 3. The number of nitrogens with zero attached hydrogens (tertiary/aromatic N) is 2. The third kappa shape index (κ3) is 2.28. The van der Waals surface area contributed by atoms with Crippen molar-refractivity contribution in [2.45, 2.75) is 13.3 Å². The Morgan fingerprint density at radius 2 is 2.46 bits per heavy atom. The zero-order valence-corrected chi connectivity index (χ0v) is 7.84. The highest BCUT2D eigenvalue weighted by atomic mass is 32.1. The molecule has 72 valence electrons. The fourth-order valence-electron chi connectivity index (χ4n) is 0.648. The molecule has 0 aliphatic heterocycles. The van der Waals surface area contributed by atoms with Gasteiger partial charge in [0.1, 0.15) is 0 Å². The maximum Gasteiger partial charge on any atom is 0.369 e. The third-order valence-corrected chi connectivity index (χ3v) is 2.04. The zero-order chi connectivity index (χ0) is 9.84. The number of aromatic nitrogens is 2. The van der Waals surface area contributed by atoms with Crippen LogP contribution in [0.1, 0.15) is 13.3 Å². The largest absolute Gasteiger partial charge is 0.469 e. The molecule has 0 bridgehead atoms. The van der Waals surface area contributed by atoms with Gasteiger partial charge in [-0.3, -0.25) is 0 Å². The molecule has 1 heterocycles. The molecule has 0 saturated carbocycles. The summed E-state index contributed by atoms with van der Waals surface area (Å²) in [6.07, 6.45) is 0.810. The van der Waals surface area contributed by atoms with Gasteiger partial charge >= 0.3 is 11.7 Å². The van der Waals surface area contributed by atoms with E-state index in [9.17, 15) is 9.59 Å². The molecule has 0 aliphatic rings. The van der Waals surface area contributed by atoms with E-state index in [1.54, 1.807) is 0 Å². The Morgan fingerprint density at radius 3 is 2.92 bits per heavy atom. The van der Waals surface area contributed by atoms with Crippen LogP contribution in [0.4, 0.5) is 4.79 Å². The van der Waals surface area contributed by atoms with E-state index in [0.29, 0.717) is 6.61 Å². The first-order chi connectivity index (χ1) is 6.15. The lowest BCUT2D eigenvalue weighted by Crippen LogP contribution is -2.27. The summed E-state index contributed by atoms with van der Waals surface area (Å²) in [6.45, 7) is 2.39. The summed E-state index contributed by atoms with van der Waals surface area (Å²) in [5, 5.41) is 0.172. The van der Waals surface area contributed by atoms with Crippen LogP contribution < -0.4 is 16.2 Å². The lowest BCUT2D eigenvalue weighted by molar-refractivity contribution is 0.251. The molecule has 7 heteroatoms. The molecule has 0 fully saturated rings. The Kier molecular flexibility index (Phi) is 3.02. The van der Waals surface area contributed by atoms with Gasteiger partial charge in [0.2, 0.25) is 0 Å². The highest BCUT2D eigenvalue weighted by molar-refractivity contribution is 7.09. The van der Waals surface area contributed by atoms with Gasteiger partial charge in [0.25, 0.3) is 5.19 Å². The highest BCUT2D eigenvalue weighted by Crippen LogP contribution is 2.10. The quantitative estimate of drug-likeness (QED) is 0.750. The van der Waals surface area contributed by atoms with Gasteiger partial charge < -0.3 is 10.5 Å². The summed E-state index contributed by atoms with van der Waals surface area (Å²) in [5.74, 6) is 0. The molecular formula is C6H9N3O3S. The van der Waals surface area contributed by atoms with Crippen molar-refractivity contribution in [3.05, 3.63) is 10.5 Å². The number of primary amides is 1. The van der Waals surface area contributed by atoms with Gasteiger partial charge in [-0.25, -0.2) is 9.59 Å². The second-order valence-electron chi connectivity index (χ2n) is 2.23. The van der Waals surface area contributed by atoms with Crippen LogP contribution in [-0.2, 0) is 0 Å². The summed E-state index contributed by atoms with van der Waals surface area (Å²) in [7, 11) is 0. The summed E-state index contributed by atoms with van der Waals surface area (Å²) in [6, 6.07) is -0.839. The van der Waals surface area contributed by atoms with Crippen molar-refractivity contribution in [3.8, 4) is 5.19 Å². The molecule has 0 atom stereocenters. The van der Waals surface area contributed by atoms with Gasteiger partial charge in [-0.2, -0.15) is 3.96 Å². The van der Waals surface area contributed by atoms with Crippen LogP contribution >= 0.6 is 11.5 Å². The fourth-order valence-corrected chi connectivity index (χ4v) is 1.27. The van der Waals surface area contributed by atoms with Crippen LogP contribution in [-0.4, -0.2) is 21.6 Å². The second-order valence-corrected chi connectivity index (χ2v) is 3.13. The average Bonchev–Trinajstić information content (AvgIpc) is 2.43. The summed E-state index contributed by atoms with van der Waals surface area (Å²) < 4.78 is 5.79. The molecule has 0 spiro atoms. The van der Waals surface area contributed by atoms with Crippen LogP contribution in [0.25, 0.3) is 0 Å². The van der Waals surface area contributed by atoms with E-state index in [4.69, 9.17) is 10.5 Å². The zero-order valence-electron chi connectivity index (χ0n) is 7.02. The molecule has 1 amide bonds. The van der Waals surface area contributed by atoms with Crippen molar-refractivity contribution < 1.29 is 9.53 Å². The first kappa shape index (κ1) is 9.72. The van der Waals surface area contributed by atoms with Gasteiger partial charge in [-0.05, 0) is 6.42 Å². The minimum Gasteiger partial charge on any atom is -0.469 e. The molecule has 1 aromatic rings. The van der Waals surface area contributed by atoms with E-state index < -0.39 is 11.7 Å². The van der Waals surface area contributed by atoms with Crippen molar-refractivity contribution in [1.29, 1.82) is 0 Å². The maximum absolute atomic E-state index is 10.9. The normalized spacial score (nSPS) is 9.92. The Morgan fingerprint density at radius 1 is 1.77 bits per heavy atom. The molecule has 0 radical (unpaired) electrons. The van der Waals surface area contributed by atoms with Gasteiger partial charge in [0.15, 0.2) is 0 Å². The number of carbonyl (C=O) groups excluding carboxylic acids is 1. The molecule has 0 aliphatic carbocycles. The molecular weight excluding hydrogens is 194 g/mol. The van der Waals surface area contributed by atoms with Crippen molar-refractivity contribution >= 4 is 17.6 Å². The Labute approximate surface area is 78.1 Å². The van der Waals surface area contributed by atoms with E-state index in [0.717, 1.165) is 21.9 Å². The number of nitrogens with two attached hydrogens (primary N) is 1. The Bertz CT molecular complexity index is 356. The number of ether oxygens (including phenoxy) is 1. The predicted molar refractivity (Wildman–Crippen MR) is 47.1 cm³/mol. The number of carbonyl (C=O) groups is 1. The monoisotopic (exact) mass is 203 g/mol. The Balaban J connectivity index is 2.83. The Hall–Kier alpha value is -1.37. The molecule has 0 aromatic carbocycles. The lowest BCUT2D eigenvalue weighted by atomic mass is 10.5. The standard InChI is InChI=1S/C6H9N3O3S/c1-2-3-12-6-8-5(11)9(13-6)4(7)10/h2-3H2,1H3,(H2,7,10). The minimum atomic E-state index is -0.839. The van der Waals surface area contributed by atoms with E-state index >= 15 is 0 Å². The van der Waals surface area contributed by atoms with Gasteiger partial charge in [0, 0.05) is 11.5 Å². The SMILES string of the molecule is CCCOc1nc(=O)n(C(N)=O)s1. The molecule has 6 nitrogen and oxygen atoms in total. The van der Waals surface area contributed by atoms with Crippen LogP contribution in [0.5, 0.6) is 5.19 Å². The van der Waals surface area contributed by atoms with Crippen LogP contribution in [0.3, 0.4) is 0 Å². The first-order valence-electron chi connectivity index (χ1n) is 3.68. The fraction of sp³-hybridized carbons (Fsp3) is 0.500. The molecule has 1 rings (SSSR count). The number of hydrogen-bond acceptors (Lipinski definition) is 5. The molecule has 2 N–H and O–H groups in total. The van der Waals surface area contributed by atoms with E-state index in [1.807, 2.05) is 6.92 Å². The number of hydrogen-bond donors (Lipinski definition) is 1. The third-order valence-electron chi connectivity index (χ3n) is 1.16. The van der Waals surface area contributed by atoms with Crippen LogP contribution in [0, 0.1) is 0 Å². The minimum absolute atomic E-state index is 0.172. The van der Waals surface area contributed by atoms with E-state index in [-0.39, 0.29) is 5.19 Å². The molecule has 0 saturated heterocycles. The number of amides is 1.